The van der Waals surface area contributed by atoms with Gasteiger partial charge in [-0.1, -0.05) is 0 Å². The van der Waals surface area contributed by atoms with Crippen LogP contribution in [0.3, 0.4) is 0 Å². The highest BCUT2D eigenvalue weighted by Gasteiger charge is 2.18. The monoisotopic (exact) mass is 270 g/mol. The van der Waals surface area contributed by atoms with Crippen molar-refractivity contribution in [3.05, 3.63) is 18.2 Å². The fraction of sp³-hybridized carbons (Fsp3) is 0.545. The molecule has 1 atom stereocenters. The smallest absolute Gasteiger partial charge is 0.326 e. The summed E-state index contributed by atoms with van der Waals surface area (Å²) < 4.78 is 1.84. The first-order valence-electron chi connectivity index (χ1n) is 5.88. The number of carboxylic acid groups (broad SMARTS) is 1. The van der Waals surface area contributed by atoms with Crippen LogP contribution in [0.15, 0.2) is 12.4 Å². The standard InChI is InChI=1S/C11H18N4O4/c1-15-6-5-12-9(15)2-4-13-11(19)14-8(3-7-16)10(17)18/h5-6,8,16H,2-4,7H2,1H3,(H,17,18)(H2,13,14,19). The highest BCUT2D eigenvalue weighted by Crippen LogP contribution is 1.94. The van der Waals surface area contributed by atoms with E-state index >= 15 is 0 Å². The first-order chi connectivity index (χ1) is 9.04. The van der Waals surface area contributed by atoms with E-state index in [1.807, 2.05) is 11.6 Å². The van der Waals surface area contributed by atoms with Gasteiger partial charge in [0.05, 0.1) is 0 Å². The summed E-state index contributed by atoms with van der Waals surface area (Å²) in [6.07, 6.45) is 3.99. The molecule has 106 valence electrons. The molecule has 0 saturated heterocycles. The first kappa shape index (κ1) is 15.0. The van der Waals surface area contributed by atoms with E-state index in [1.165, 1.54) is 0 Å². The number of aliphatic hydroxyl groups is 1. The summed E-state index contributed by atoms with van der Waals surface area (Å²) in [5.74, 6) is -0.348. The Balaban J connectivity index is 2.31. The van der Waals surface area contributed by atoms with Crippen molar-refractivity contribution in [1.82, 2.24) is 20.2 Å². The van der Waals surface area contributed by atoms with Crippen molar-refractivity contribution in [3.8, 4) is 0 Å². The first-order valence-corrected chi connectivity index (χ1v) is 5.88. The number of aliphatic carboxylic acids is 1. The van der Waals surface area contributed by atoms with E-state index < -0.39 is 18.0 Å². The number of carbonyl (C=O) groups is 2. The Morgan fingerprint density at radius 3 is 2.79 bits per heavy atom. The Bertz CT molecular complexity index is 432. The van der Waals surface area contributed by atoms with Crippen LogP contribution in [0.1, 0.15) is 12.2 Å². The second-order valence-electron chi connectivity index (χ2n) is 4.01. The molecule has 0 bridgehead atoms. The molecule has 1 aromatic rings. The molecule has 0 aliphatic heterocycles. The molecule has 8 heteroatoms. The molecule has 1 unspecified atom stereocenters. The van der Waals surface area contributed by atoms with Crippen molar-refractivity contribution in [2.24, 2.45) is 7.05 Å². The van der Waals surface area contributed by atoms with E-state index in [0.29, 0.717) is 13.0 Å². The molecule has 0 aliphatic carbocycles. The third kappa shape index (κ3) is 4.96. The van der Waals surface area contributed by atoms with Crippen molar-refractivity contribution in [2.45, 2.75) is 18.9 Å². The molecule has 8 nitrogen and oxygen atoms in total. The fourth-order valence-electron chi connectivity index (χ4n) is 1.52. The van der Waals surface area contributed by atoms with Crippen molar-refractivity contribution < 1.29 is 19.8 Å². The highest BCUT2D eigenvalue weighted by atomic mass is 16.4. The van der Waals surface area contributed by atoms with Gasteiger partial charge < -0.3 is 25.4 Å². The number of hydrogen-bond acceptors (Lipinski definition) is 4. The maximum atomic E-state index is 11.5. The lowest BCUT2D eigenvalue weighted by Gasteiger charge is -2.13. The number of nitrogens with zero attached hydrogens (tertiary/aromatic N) is 2. The number of aromatic nitrogens is 2. The summed E-state index contributed by atoms with van der Waals surface area (Å²) in [5.41, 5.74) is 0. The minimum atomic E-state index is -1.17. The molecule has 4 N–H and O–H groups in total. The SMILES string of the molecule is Cn1ccnc1CCNC(=O)NC(CCO)C(=O)O. The highest BCUT2D eigenvalue weighted by molar-refractivity contribution is 5.82. The Labute approximate surface area is 110 Å². The third-order valence-electron chi connectivity index (χ3n) is 2.58. The number of imidazole rings is 1. The summed E-state index contributed by atoms with van der Waals surface area (Å²) in [6.45, 7) is 0.0483. The molecule has 0 radical (unpaired) electrons. The average molecular weight is 270 g/mol. The van der Waals surface area contributed by atoms with Gasteiger partial charge >= 0.3 is 12.0 Å². The van der Waals surface area contributed by atoms with E-state index in [-0.39, 0.29) is 13.0 Å². The van der Waals surface area contributed by atoms with Crippen molar-refractivity contribution in [1.29, 1.82) is 0 Å². The van der Waals surface area contributed by atoms with Gasteiger partial charge in [-0.2, -0.15) is 0 Å². The molecule has 19 heavy (non-hydrogen) atoms. The number of urea groups is 1. The molecule has 0 aromatic carbocycles. The number of aryl methyl sites for hydroxylation is 1. The maximum Gasteiger partial charge on any atom is 0.326 e. The Morgan fingerprint density at radius 1 is 1.53 bits per heavy atom. The van der Waals surface area contributed by atoms with Gasteiger partial charge in [-0.15, -0.1) is 0 Å². The van der Waals surface area contributed by atoms with Crippen LogP contribution in [0.4, 0.5) is 4.79 Å². The molecule has 0 spiro atoms. The number of amides is 2. The van der Waals surface area contributed by atoms with Crippen LogP contribution in [0.5, 0.6) is 0 Å². The van der Waals surface area contributed by atoms with E-state index in [0.717, 1.165) is 5.82 Å². The molecular weight excluding hydrogens is 252 g/mol. The molecular formula is C11H18N4O4. The zero-order valence-electron chi connectivity index (χ0n) is 10.7. The van der Waals surface area contributed by atoms with Crippen LogP contribution in [0.25, 0.3) is 0 Å². The lowest BCUT2D eigenvalue weighted by atomic mass is 10.2. The maximum absolute atomic E-state index is 11.5. The van der Waals surface area contributed by atoms with Crippen LogP contribution in [-0.4, -0.2) is 51.0 Å². The summed E-state index contributed by atoms with van der Waals surface area (Å²) in [6, 6.07) is -1.66. The van der Waals surface area contributed by atoms with Crippen LogP contribution < -0.4 is 10.6 Å². The van der Waals surface area contributed by atoms with Gasteiger partial charge in [-0.05, 0) is 0 Å². The number of carboxylic acids is 1. The van der Waals surface area contributed by atoms with E-state index in [1.54, 1.807) is 12.4 Å². The number of aliphatic hydroxyl groups excluding tert-OH is 1. The molecule has 0 aliphatic rings. The Kier molecular flexibility index (Phi) is 5.80. The van der Waals surface area contributed by atoms with Crippen molar-refractivity contribution >= 4 is 12.0 Å². The number of carbonyl (C=O) groups excluding carboxylic acids is 1. The minimum absolute atomic E-state index is 0.0257. The van der Waals surface area contributed by atoms with E-state index in [4.69, 9.17) is 10.2 Å². The summed E-state index contributed by atoms with van der Waals surface area (Å²) >= 11 is 0. The van der Waals surface area contributed by atoms with Crippen LogP contribution in [-0.2, 0) is 18.3 Å². The van der Waals surface area contributed by atoms with Gasteiger partial charge in [0.1, 0.15) is 11.9 Å². The van der Waals surface area contributed by atoms with Gasteiger partial charge in [-0.25, -0.2) is 14.6 Å². The summed E-state index contributed by atoms with van der Waals surface area (Å²) in [5, 5.41) is 22.3. The molecule has 1 heterocycles. The second-order valence-corrected chi connectivity index (χ2v) is 4.01. The quantitative estimate of drug-likeness (QED) is 0.512. The van der Waals surface area contributed by atoms with Gasteiger partial charge in [0, 0.05) is 45.4 Å². The lowest BCUT2D eigenvalue weighted by molar-refractivity contribution is -0.139. The largest absolute Gasteiger partial charge is 0.480 e. The van der Waals surface area contributed by atoms with Gasteiger partial charge in [0.25, 0.3) is 0 Å². The third-order valence-corrected chi connectivity index (χ3v) is 2.58. The Morgan fingerprint density at radius 2 is 2.26 bits per heavy atom. The molecule has 1 aromatic heterocycles. The normalized spacial score (nSPS) is 11.9. The van der Waals surface area contributed by atoms with Gasteiger partial charge in [0.2, 0.25) is 0 Å². The second kappa shape index (κ2) is 7.37. The zero-order valence-corrected chi connectivity index (χ0v) is 10.7. The zero-order chi connectivity index (χ0) is 14.3. The molecule has 2 amide bonds. The van der Waals surface area contributed by atoms with Crippen LogP contribution in [0, 0.1) is 0 Å². The molecule has 0 fully saturated rings. The minimum Gasteiger partial charge on any atom is -0.480 e. The number of hydrogen-bond donors (Lipinski definition) is 4. The number of nitrogens with one attached hydrogen (secondary N) is 2. The van der Waals surface area contributed by atoms with Crippen LogP contribution in [0.2, 0.25) is 0 Å². The number of rotatable bonds is 7. The summed E-state index contributed by atoms with van der Waals surface area (Å²) in [4.78, 5) is 26.3. The molecule has 0 saturated carbocycles. The van der Waals surface area contributed by atoms with Crippen LogP contribution >= 0.6 is 0 Å². The van der Waals surface area contributed by atoms with Crippen molar-refractivity contribution in [3.63, 3.8) is 0 Å². The van der Waals surface area contributed by atoms with E-state index in [9.17, 15) is 9.59 Å². The van der Waals surface area contributed by atoms with Gasteiger partial charge in [-0.3, -0.25) is 0 Å². The topological polar surface area (TPSA) is 116 Å². The molecule has 1 rings (SSSR count). The fourth-order valence-corrected chi connectivity index (χ4v) is 1.52. The summed E-state index contributed by atoms with van der Waals surface area (Å²) in [7, 11) is 1.85. The van der Waals surface area contributed by atoms with Crippen molar-refractivity contribution in [2.75, 3.05) is 13.2 Å². The van der Waals surface area contributed by atoms with Gasteiger partial charge in [0.15, 0.2) is 0 Å². The predicted molar refractivity (Wildman–Crippen MR) is 66.6 cm³/mol. The average Bonchev–Trinajstić information content (AvgIpc) is 2.74. The Hall–Kier alpha value is -2.09. The van der Waals surface area contributed by atoms with E-state index in [2.05, 4.69) is 15.6 Å². The lowest BCUT2D eigenvalue weighted by Crippen LogP contribution is -2.46. The predicted octanol–water partition coefficient (Wildman–Crippen LogP) is -0.903.